The van der Waals surface area contributed by atoms with Gasteiger partial charge < -0.3 is 5.32 Å². The molecule has 2 rings (SSSR count). The standard InChI is InChI=1S/C16H27ClN4/c1-4-8-14-19-15(17)13(3)16(20-14)18-11-12(2)21-9-6-5-7-10-21/h12H,4-11H2,1-3H3,(H,18,19,20). The molecule has 0 aromatic carbocycles. The van der Waals surface area contributed by atoms with Crippen LogP contribution in [0.1, 0.15) is 50.9 Å². The molecule has 1 aliphatic rings. The molecule has 1 aromatic rings. The molecule has 0 amide bonds. The highest BCUT2D eigenvalue weighted by Gasteiger charge is 2.17. The number of rotatable bonds is 6. The second-order valence-corrected chi connectivity index (χ2v) is 6.34. The SMILES string of the molecule is CCCc1nc(Cl)c(C)c(NCC(C)N2CCCCC2)n1. The molecule has 1 aliphatic heterocycles. The number of hydrogen-bond acceptors (Lipinski definition) is 4. The highest BCUT2D eigenvalue weighted by molar-refractivity contribution is 6.30. The second kappa shape index (κ2) is 7.95. The van der Waals surface area contributed by atoms with E-state index in [0.29, 0.717) is 11.2 Å². The summed E-state index contributed by atoms with van der Waals surface area (Å²) in [5.74, 6) is 1.73. The monoisotopic (exact) mass is 310 g/mol. The lowest BCUT2D eigenvalue weighted by molar-refractivity contribution is 0.180. The van der Waals surface area contributed by atoms with Crippen molar-refractivity contribution < 1.29 is 0 Å². The van der Waals surface area contributed by atoms with Gasteiger partial charge in [0.25, 0.3) is 0 Å². The van der Waals surface area contributed by atoms with Gasteiger partial charge in [-0.1, -0.05) is 24.9 Å². The average Bonchev–Trinajstić information content (AvgIpc) is 2.50. The molecule has 0 saturated carbocycles. The average molecular weight is 311 g/mol. The van der Waals surface area contributed by atoms with Crippen LogP contribution in [0.25, 0.3) is 0 Å². The van der Waals surface area contributed by atoms with Gasteiger partial charge in [0.1, 0.15) is 16.8 Å². The van der Waals surface area contributed by atoms with E-state index in [1.54, 1.807) is 0 Å². The van der Waals surface area contributed by atoms with Crippen LogP contribution in [0.3, 0.4) is 0 Å². The molecule has 1 saturated heterocycles. The van der Waals surface area contributed by atoms with Crippen LogP contribution >= 0.6 is 11.6 Å². The summed E-state index contributed by atoms with van der Waals surface area (Å²) < 4.78 is 0. The Balaban J connectivity index is 1.98. The summed E-state index contributed by atoms with van der Waals surface area (Å²) in [6, 6.07) is 0.521. The van der Waals surface area contributed by atoms with Crippen LogP contribution in [0, 0.1) is 6.92 Å². The van der Waals surface area contributed by atoms with E-state index >= 15 is 0 Å². The second-order valence-electron chi connectivity index (χ2n) is 5.98. The van der Waals surface area contributed by atoms with E-state index < -0.39 is 0 Å². The predicted molar refractivity (Wildman–Crippen MR) is 89.1 cm³/mol. The number of aryl methyl sites for hydroxylation is 1. The van der Waals surface area contributed by atoms with E-state index in [-0.39, 0.29) is 0 Å². The number of piperidine rings is 1. The third-order valence-corrected chi connectivity index (χ3v) is 4.55. The summed E-state index contributed by atoms with van der Waals surface area (Å²) in [5.41, 5.74) is 0.947. The summed E-state index contributed by atoms with van der Waals surface area (Å²) in [5, 5.41) is 4.04. The van der Waals surface area contributed by atoms with Crippen molar-refractivity contribution in [3.8, 4) is 0 Å². The van der Waals surface area contributed by atoms with Crippen molar-refractivity contribution in [1.29, 1.82) is 0 Å². The maximum atomic E-state index is 6.22. The third-order valence-electron chi connectivity index (χ3n) is 4.19. The Bertz CT molecular complexity index is 458. The van der Waals surface area contributed by atoms with Crippen molar-refractivity contribution in [3.05, 3.63) is 16.5 Å². The number of nitrogens with zero attached hydrogens (tertiary/aromatic N) is 3. The minimum Gasteiger partial charge on any atom is -0.368 e. The Kier molecular flexibility index (Phi) is 6.24. The molecular formula is C16H27ClN4. The maximum absolute atomic E-state index is 6.22. The lowest BCUT2D eigenvalue weighted by Crippen LogP contribution is -2.41. The minimum atomic E-state index is 0.521. The maximum Gasteiger partial charge on any atom is 0.137 e. The molecule has 21 heavy (non-hydrogen) atoms. The van der Waals surface area contributed by atoms with E-state index in [0.717, 1.165) is 36.6 Å². The molecule has 0 radical (unpaired) electrons. The number of hydrogen-bond donors (Lipinski definition) is 1. The van der Waals surface area contributed by atoms with Crippen molar-refractivity contribution in [2.45, 2.75) is 58.9 Å². The van der Waals surface area contributed by atoms with Crippen LogP contribution in [-0.4, -0.2) is 40.5 Å². The predicted octanol–water partition coefficient (Wildman–Crippen LogP) is 3.68. The highest BCUT2D eigenvalue weighted by Crippen LogP contribution is 2.21. The van der Waals surface area contributed by atoms with Crippen LogP contribution < -0.4 is 5.32 Å². The zero-order valence-corrected chi connectivity index (χ0v) is 14.2. The quantitative estimate of drug-likeness (QED) is 0.814. The molecule has 1 aromatic heterocycles. The lowest BCUT2D eigenvalue weighted by atomic mass is 10.1. The van der Waals surface area contributed by atoms with Gasteiger partial charge in [-0.05, 0) is 46.2 Å². The van der Waals surface area contributed by atoms with E-state index in [9.17, 15) is 0 Å². The first-order chi connectivity index (χ1) is 10.1. The topological polar surface area (TPSA) is 41.1 Å². The highest BCUT2D eigenvalue weighted by atomic mass is 35.5. The van der Waals surface area contributed by atoms with Crippen LogP contribution in [0.2, 0.25) is 5.15 Å². The van der Waals surface area contributed by atoms with Crippen molar-refractivity contribution >= 4 is 17.4 Å². The third kappa shape index (κ3) is 4.55. The van der Waals surface area contributed by atoms with E-state index in [4.69, 9.17) is 11.6 Å². The van der Waals surface area contributed by atoms with Gasteiger partial charge in [0.05, 0.1) is 0 Å². The van der Waals surface area contributed by atoms with Crippen LogP contribution in [0.5, 0.6) is 0 Å². The van der Waals surface area contributed by atoms with E-state index in [1.807, 2.05) is 6.92 Å². The van der Waals surface area contributed by atoms with Gasteiger partial charge in [-0.15, -0.1) is 0 Å². The molecule has 2 heterocycles. The lowest BCUT2D eigenvalue weighted by Gasteiger charge is -2.32. The van der Waals surface area contributed by atoms with Gasteiger partial charge in [-0.3, -0.25) is 4.90 Å². The Labute approximate surface area is 133 Å². The number of aromatic nitrogens is 2. The summed E-state index contributed by atoms with van der Waals surface area (Å²) in [6.07, 6.45) is 5.92. The molecule has 0 spiro atoms. The smallest absolute Gasteiger partial charge is 0.137 e. The largest absolute Gasteiger partial charge is 0.368 e. The molecule has 1 fully saturated rings. The Morgan fingerprint density at radius 1 is 1.24 bits per heavy atom. The zero-order valence-electron chi connectivity index (χ0n) is 13.5. The number of nitrogens with one attached hydrogen (secondary N) is 1. The fraction of sp³-hybridized carbons (Fsp3) is 0.750. The number of likely N-dealkylation sites (tertiary alicyclic amines) is 1. The van der Waals surface area contributed by atoms with Gasteiger partial charge in [-0.25, -0.2) is 9.97 Å². The van der Waals surface area contributed by atoms with Gasteiger partial charge in [0.15, 0.2) is 0 Å². The summed E-state index contributed by atoms with van der Waals surface area (Å²) in [7, 11) is 0. The summed E-state index contributed by atoms with van der Waals surface area (Å²) in [6.45, 7) is 9.72. The Morgan fingerprint density at radius 2 is 1.95 bits per heavy atom. The van der Waals surface area contributed by atoms with E-state index in [2.05, 4.69) is 34.0 Å². The zero-order chi connectivity index (χ0) is 15.2. The first kappa shape index (κ1) is 16.5. The Hall–Kier alpha value is -0.870. The molecule has 118 valence electrons. The molecule has 4 nitrogen and oxygen atoms in total. The normalized spacial score (nSPS) is 17.7. The molecule has 0 aliphatic carbocycles. The fourth-order valence-electron chi connectivity index (χ4n) is 2.77. The van der Waals surface area contributed by atoms with Gasteiger partial charge in [0, 0.05) is 24.6 Å². The van der Waals surface area contributed by atoms with Crippen LogP contribution in [-0.2, 0) is 6.42 Å². The van der Waals surface area contributed by atoms with Crippen molar-refractivity contribution in [2.24, 2.45) is 0 Å². The van der Waals surface area contributed by atoms with Crippen LogP contribution in [0.15, 0.2) is 0 Å². The molecule has 1 N–H and O–H groups in total. The molecule has 1 unspecified atom stereocenters. The van der Waals surface area contributed by atoms with Gasteiger partial charge in [-0.2, -0.15) is 0 Å². The fourth-order valence-corrected chi connectivity index (χ4v) is 2.96. The van der Waals surface area contributed by atoms with Crippen LogP contribution in [0.4, 0.5) is 5.82 Å². The summed E-state index contributed by atoms with van der Waals surface area (Å²) >= 11 is 6.22. The molecule has 0 bridgehead atoms. The number of halogens is 1. The molecular weight excluding hydrogens is 284 g/mol. The summed E-state index contributed by atoms with van der Waals surface area (Å²) in [4.78, 5) is 11.5. The first-order valence-corrected chi connectivity index (χ1v) is 8.50. The molecule has 5 heteroatoms. The molecule has 1 atom stereocenters. The van der Waals surface area contributed by atoms with Gasteiger partial charge >= 0.3 is 0 Å². The van der Waals surface area contributed by atoms with Crippen molar-refractivity contribution in [1.82, 2.24) is 14.9 Å². The minimum absolute atomic E-state index is 0.521. The van der Waals surface area contributed by atoms with E-state index in [1.165, 1.54) is 32.4 Å². The van der Waals surface area contributed by atoms with Gasteiger partial charge in [0.2, 0.25) is 0 Å². The van der Waals surface area contributed by atoms with Crippen molar-refractivity contribution in [2.75, 3.05) is 25.0 Å². The number of anilines is 1. The van der Waals surface area contributed by atoms with Crippen molar-refractivity contribution in [3.63, 3.8) is 0 Å². The Morgan fingerprint density at radius 3 is 2.62 bits per heavy atom. The first-order valence-electron chi connectivity index (χ1n) is 8.12.